The number of alkyl halides is 6. The summed E-state index contributed by atoms with van der Waals surface area (Å²) < 4.78 is 118. The van der Waals surface area contributed by atoms with E-state index in [-0.39, 0.29) is 42.3 Å². The number of halogens is 6. The quantitative estimate of drug-likeness (QED) is 0.620. The molecule has 1 aliphatic heterocycles. The molecular formula is C20H20F6N2O4S. The second kappa shape index (κ2) is 8.60. The lowest BCUT2D eigenvalue weighted by molar-refractivity contribution is -0.143. The summed E-state index contributed by atoms with van der Waals surface area (Å²) in [5.74, 6) is 0.497. The van der Waals surface area contributed by atoms with Crippen LogP contribution in [0.3, 0.4) is 0 Å². The Kier molecular flexibility index (Phi) is 6.50. The third kappa shape index (κ3) is 5.29. The van der Waals surface area contributed by atoms with Gasteiger partial charge >= 0.3 is 12.4 Å². The van der Waals surface area contributed by atoms with E-state index in [2.05, 4.69) is 4.72 Å². The summed E-state index contributed by atoms with van der Waals surface area (Å²) in [6, 6.07) is 2.80. The van der Waals surface area contributed by atoms with Crippen LogP contribution in [-0.2, 0) is 28.8 Å². The number of benzene rings is 2. The van der Waals surface area contributed by atoms with Crippen LogP contribution in [0, 0.1) is 0 Å². The van der Waals surface area contributed by atoms with Crippen LogP contribution in [0.4, 0.5) is 32.0 Å². The Labute approximate surface area is 186 Å². The zero-order valence-electron chi connectivity index (χ0n) is 17.6. The molecule has 6 nitrogen and oxygen atoms in total. The molecule has 0 aromatic heterocycles. The van der Waals surface area contributed by atoms with Crippen molar-refractivity contribution in [2.75, 3.05) is 32.5 Å². The average Bonchev–Trinajstić information content (AvgIpc) is 2.71. The molecule has 0 spiro atoms. The Morgan fingerprint density at radius 3 is 2.09 bits per heavy atom. The van der Waals surface area contributed by atoms with Crippen LogP contribution in [0.25, 0.3) is 0 Å². The molecular weight excluding hydrogens is 478 g/mol. The number of likely N-dealkylation sites (N-methyl/N-ethyl adjacent to an activating group) is 1. The number of fused-ring (bicyclic) bond motifs is 1. The second-order valence-electron chi connectivity index (χ2n) is 7.60. The molecule has 3 rings (SSSR count). The van der Waals surface area contributed by atoms with Gasteiger partial charge in [0.1, 0.15) is 18.1 Å². The predicted octanol–water partition coefficient (Wildman–Crippen LogP) is 4.40. The van der Waals surface area contributed by atoms with Crippen molar-refractivity contribution in [3.63, 3.8) is 0 Å². The van der Waals surface area contributed by atoms with Crippen LogP contribution in [0.2, 0.25) is 0 Å². The first-order valence-corrected chi connectivity index (χ1v) is 10.9. The molecule has 0 saturated heterocycles. The third-order valence-corrected chi connectivity index (χ3v) is 6.49. The smallest absolute Gasteiger partial charge is 0.416 e. The zero-order valence-corrected chi connectivity index (χ0v) is 18.5. The highest BCUT2D eigenvalue weighted by Gasteiger charge is 2.38. The van der Waals surface area contributed by atoms with Gasteiger partial charge in [0.05, 0.1) is 28.8 Å². The fourth-order valence-electron chi connectivity index (χ4n) is 3.33. The van der Waals surface area contributed by atoms with E-state index in [9.17, 15) is 34.8 Å². The van der Waals surface area contributed by atoms with Crippen molar-refractivity contribution in [2.24, 2.45) is 0 Å². The van der Waals surface area contributed by atoms with E-state index < -0.39 is 38.4 Å². The summed E-state index contributed by atoms with van der Waals surface area (Å²) in [6.45, 7) is 0.184. The van der Waals surface area contributed by atoms with Crippen LogP contribution in [0.5, 0.6) is 11.5 Å². The van der Waals surface area contributed by atoms with Crippen molar-refractivity contribution < 1.29 is 44.2 Å². The van der Waals surface area contributed by atoms with Gasteiger partial charge in [0.15, 0.2) is 0 Å². The van der Waals surface area contributed by atoms with Crippen molar-refractivity contribution >= 4 is 15.7 Å². The minimum Gasteiger partial charge on any atom is -0.496 e. The van der Waals surface area contributed by atoms with Gasteiger partial charge in [-0.3, -0.25) is 4.72 Å². The molecule has 182 valence electrons. The predicted molar refractivity (Wildman–Crippen MR) is 107 cm³/mol. The van der Waals surface area contributed by atoms with Crippen molar-refractivity contribution in [1.82, 2.24) is 4.90 Å². The molecule has 0 unspecified atom stereocenters. The van der Waals surface area contributed by atoms with E-state index in [1.165, 1.54) is 19.2 Å². The van der Waals surface area contributed by atoms with Gasteiger partial charge in [-0.05, 0) is 50.8 Å². The van der Waals surface area contributed by atoms with Gasteiger partial charge in [-0.2, -0.15) is 26.3 Å². The van der Waals surface area contributed by atoms with E-state index in [1.54, 1.807) is 0 Å². The number of sulfonamides is 1. The molecule has 0 radical (unpaired) electrons. The van der Waals surface area contributed by atoms with Crippen LogP contribution >= 0.6 is 0 Å². The Balaban J connectivity index is 2.07. The highest BCUT2D eigenvalue weighted by molar-refractivity contribution is 7.92. The normalized spacial score (nSPS) is 16.8. The second-order valence-corrected chi connectivity index (χ2v) is 9.29. The molecule has 1 aliphatic rings. The highest BCUT2D eigenvalue weighted by Crippen LogP contribution is 2.42. The van der Waals surface area contributed by atoms with Gasteiger partial charge in [0, 0.05) is 11.6 Å². The van der Waals surface area contributed by atoms with E-state index in [4.69, 9.17) is 9.47 Å². The fourth-order valence-corrected chi connectivity index (χ4v) is 4.46. The lowest BCUT2D eigenvalue weighted by Gasteiger charge is -2.32. The summed E-state index contributed by atoms with van der Waals surface area (Å²) in [5, 5.41) is 0. The number of nitrogens with zero attached hydrogens (tertiary/aromatic N) is 1. The molecule has 2 aromatic carbocycles. The van der Waals surface area contributed by atoms with E-state index >= 15 is 0 Å². The molecule has 33 heavy (non-hydrogen) atoms. The maximum atomic E-state index is 13.1. The number of methoxy groups -OCH3 is 1. The summed E-state index contributed by atoms with van der Waals surface area (Å²) in [5.41, 5.74) is -3.09. The highest BCUT2D eigenvalue weighted by atomic mass is 32.2. The first-order chi connectivity index (χ1) is 15.1. The minimum atomic E-state index is -5.19. The third-order valence-electron chi connectivity index (χ3n) is 5.14. The fraction of sp³-hybridized carbons (Fsp3) is 0.400. The minimum absolute atomic E-state index is 0.0592. The standard InChI is InChI=1S/C20H20F6N2O4S/c1-28(2)13-9-15-17(31-3)5-4-16(18(15)32-10-13)27-33(29,30)14-7-11(19(21,22)23)6-12(8-14)20(24,25)26/h4-8,13,27H,9-10H2,1-3H3/t13-/m1/s1. The van der Waals surface area contributed by atoms with Crippen molar-refractivity contribution in [2.45, 2.75) is 29.7 Å². The number of ether oxygens (including phenoxy) is 2. The van der Waals surface area contributed by atoms with E-state index in [1.807, 2.05) is 19.0 Å². The Hall–Kier alpha value is -2.67. The number of hydrogen-bond acceptors (Lipinski definition) is 5. The average molecular weight is 498 g/mol. The molecule has 0 saturated carbocycles. The SMILES string of the molecule is COc1ccc(NS(=O)(=O)c2cc(C(F)(F)F)cc(C(F)(F)F)c2)c2c1C[C@@H](N(C)C)CO2. The van der Waals surface area contributed by atoms with E-state index in [0.717, 1.165) is 0 Å². The number of rotatable bonds is 5. The molecule has 1 heterocycles. The van der Waals surface area contributed by atoms with Crippen molar-refractivity contribution in [1.29, 1.82) is 0 Å². The first-order valence-electron chi connectivity index (χ1n) is 9.45. The molecule has 13 heteroatoms. The first kappa shape index (κ1) is 25.0. The van der Waals surface area contributed by atoms with Crippen molar-refractivity contribution in [3.8, 4) is 11.5 Å². The molecule has 0 amide bonds. The van der Waals surface area contributed by atoms with Crippen LogP contribution < -0.4 is 14.2 Å². The van der Waals surface area contributed by atoms with Gasteiger partial charge in [-0.15, -0.1) is 0 Å². The van der Waals surface area contributed by atoms with Gasteiger partial charge in [0.2, 0.25) is 0 Å². The number of nitrogens with one attached hydrogen (secondary N) is 1. The lowest BCUT2D eigenvalue weighted by atomic mass is 10.00. The Bertz CT molecular complexity index is 1110. The Morgan fingerprint density at radius 2 is 1.61 bits per heavy atom. The zero-order chi connectivity index (χ0) is 24.8. The van der Waals surface area contributed by atoms with Gasteiger partial charge in [-0.25, -0.2) is 8.42 Å². The largest absolute Gasteiger partial charge is 0.496 e. The van der Waals surface area contributed by atoms with Crippen molar-refractivity contribution in [3.05, 3.63) is 47.0 Å². The number of hydrogen-bond donors (Lipinski definition) is 1. The van der Waals surface area contributed by atoms with E-state index in [0.29, 0.717) is 17.7 Å². The summed E-state index contributed by atoms with van der Waals surface area (Å²) in [6.07, 6.45) is -9.95. The molecule has 0 fully saturated rings. The monoisotopic (exact) mass is 498 g/mol. The molecule has 1 atom stereocenters. The summed E-state index contributed by atoms with van der Waals surface area (Å²) in [4.78, 5) is 0.705. The van der Waals surface area contributed by atoms with Crippen LogP contribution in [0.15, 0.2) is 35.2 Å². The number of anilines is 1. The topological polar surface area (TPSA) is 67.9 Å². The molecule has 2 aromatic rings. The van der Waals surface area contributed by atoms with Gasteiger partial charge < -0.3 is 14.4 Å². The molecule has 0 bridgehead atoms. The van der Waals surface area contributed by atoms with Crippen LogP contribution in [0.1, 0.15) is 16.7 Å². The molecule has 1 N–H and O–H groups in total. The summed E-state index contributed by atoms with van der Waals surface area (Å²) in [7, 11) is 0.206. The maximum absolute atomic E-state index is 13.1. The van der Waals surface area contributed by atoms with Crippen LogP contribution in [-0.4, -0.2) is 47.2 Å². The summed E-state index contributed by atoms with van der Waals surface area (Å²) >= 11 is 0. The Morgan fingerprint density at radius 1 is 1.03 bits per heavy atom. The lowest BCUT2D eigenvalue weighted by Crippen LogP contribution is -2.38. The maximum Gasteiger partial charge on any atom is 0.416 e. The van der Waals surface area contributed by atoms with Gasteiger partial charge in [0.25, 0.3) is 10.0 Å². The van der Waals surface area contributed by atoms with Gasteiger partial charge in [-0.1, -0.05) is 0 Å². The molecule has 0 aliphatic carbocycles.